The average molecular weight is 515 g/mol. The number of carbonyl (C=O) groups is 1. The van der Waals surface area contributed by atoms with Gasteiger partial charge in [-0.05, 0) is 35.7 Å². The van der Waals surface area contributed by atoms with Crippen molar-refractivity contribution in [1.82, 2.24) is 10.6 Å². The molecule has 0 aliphatic rings. The summed E-state index contributed by atoms with van der Waals surface area (Å²) in [7, 11) is 1.75. The SMILES string of the molecule is CN=C(NCCc1ccccc1Cl)NCc1ccc(NC(=O)C(C)C)cc1.I. The van der Waals surface area contributed by atoms with Gasteiger partial charge < -0.3 is 16.0 Å². The van der Waals surface area contributed by atoms with Crippen molar-refractivity contribution in [3.05, 3.63) is 64.7 Å². The Morgan fingerprint density at radius 2 is 1.75 bits per heavy atom. The molecule has 0 aliphatic carbocycles. The van der Waals surface area contributed by atoms with Crippen molar-refractivity contribution >= 4 is 53.1 Å². The van der Waals surface area contributed by atoms with Crippen LogP contribution in [0.1, 0.15) is 25.0 Å². The van der Waals surface area contributed by atoms with Crippen LogP contribution in [-0.2, 0) is 17.8 Å². The van der Waals surface area contributed by atoms with E-state index in [1.165, 1.54) is 0 Å². The fourth-order valence-electron chi connectivity index (χ4n) is 2.42. The van der Waals surface area contributed by atoms with Crippen LogP contribution >= 0.6 is 35.6 Å². The number of halogens is 2. The molecule has 0 bridgehead atoms. The van der Waals surface area contributed by atoms with Gasteiger partial charge in [0.05, 0.1) is 0 Å². The van der Waals surface area contributed by atoms with E-state index in [1.54, 1.807) is 7.05 Å². The van der Waals surface area contributed by atoms with Gasteiger partial charge in [0.1, 0.15) is 0 Å². The Balaban J connectivity index is 0.00000392. The highest BCUT2D eigenvalue weighted by Gasteiger charge is 2.07. The monoisotopic (exact) mass is 514 g/mol. The van der Waals surface area contributed by atoms with Crippen LogP contribution in [0.2, 0.25) is 5.02 Å². The van der Waals surface area contributed by atoms with Crippen molar-refractivity contribution < 1.29 is 4.79 Å². The normalized spacial score (nSPS) is 11.0. The summed E-state index contributed by atoms with van der Waals surface area (Å²) in [5.74, 6) is 0.717. The third-order valence-electron chi connectivity index (χ3n) is 4.07. The van der Waals surface area contributed by atoms with Gasteiger partial charge >= 0.3 is 0 Å². The number of nitrogens with zero attached hydrogens (tertiary/aromatic N) is 1. The molecule has 0 unspecified atom stereocenters. The van der Waals surface area contributed by atoms with Crippen LogP contribution in [-0.4, -0.2) is 25.5 Å². The van der Waals surface area contributed by atoms with Crippen molar-refractivity contribution in [1.29, 1.82) is 0 Å². The molecule has 5 nitrogen and oxygen atoms in total. The minimum absolute atomic E-state index is 0. The van der Waals surface area contributed by atoms with E-state index in [1.807, 2.05) is 62.4 Å². The van der Waals surface area contributed by atoms with Gasteiger partial charge in [-0.3, -0.25) is 9.79 Å². The first-order valence-corrected chi connectivity index (χ1v) is 9.45. The molecule has 7 heteroatoms. The summed E-state index contributed by atoms with van der Waals surface area (Å²) in [6.07, 6.45) is 0.824. The van der Waals surface area contributed by atoms with Gasteiger partial charge in [0.2, 0.25) is 5.91 Å². The van der Waals surface area contributed by atoms with Crippen molar-refractivity contribution in [2.45, 2.75) is 26.8 Å². The number of amides is 1. The molecule has 2 rings (SSSR count). The molecule has 2 aromatic carbocycles. The van der Waals surface area contributed by atoms with Gasteiger partial charge in [-0.1, -0.05) is 55.8 Å². The molecule has 0 aliphatic heterocycles. The highest BCUT2D eigenvalue weighted by atomic mass is 127. The Labute approximate surface area is 189 Å². The number of rotatable bonds is 7. The molecule has 0 radical (unpaired) electrons. The first-order chi connectivity index (χ1) is 13.0. The van der Waals surface area contributed by atoms with Crippen LogP contribution in [0.4, 0.5) is 5.69 Å². The van der Waals surface area contributed by atoms with E-state index < -0.39 is 0 Å². The summed E-state index contributed by atoms with van der Waals surface area (Å²) in [4.78, 5) is 16.0. The number of benzene rings is 2. The highest BCUT2D eigenvalue weighted by Crippen LogP contribution is 2.14. The number of hydrogen-bond donors (Lipinski definition) is 3. The van der Waals surface area contributed by atoms with Crippen LogP contribution < -0.4 is 16.0 Å². The number of aliphatic imine (C=N–C) groups is 1. The number of carbonyl (C=O) groups excluding carboxylic acids is 1. The second-order valence-electron chi connectivity index (χ2n) is 6.53. The summed E-state index contributed by atoms with van der Waals surface area (Å²) >= 11 is 6.18. The Morgan fingerprint density at radius 3 is 2.36 bits per heavy atom. The molecular weight excluding hydrogens is 487 g/mol. The Kier molecular flexibility index (Phi) is 10.9. The van der Waals surface area contributed by atoms with E-state index in [9.17, 15) is 4.79 Å². The van der Waals surface area contributed by atoms with Crippen LogP contribution in [0.5, 0.6) is 0 Å². The van der Waals surface area contributed by atoms with Crippen LogP contribution in [0, 0.1) is 5.92 Å². The third kappa shape index (κ3) is 8.06. The minimum Gasteiger partial charge on any atom is -0.356 e. The lowest BCUT2D eigenvalue weighted by Gasteiger charge is -2.13. The Morgan fingerprint density at radius 1 is 1.07 bits per heavy atom. The van der Waals surface area contributed by atoms with Gasteiger partial charge in [0.15, 0.2) is 5.96 Å². The molecule has 1 amide bonds. The van der Waals surface area contributed by atoms with E-state index in [4.69, 9.17) is 11.6 Å². The molecule has 2 aromatic rings. The predicted molar refractivity (Wildman–Crippen MR) is 129 cm³/mol. The number of nitrogens with one attached hydrogen (secondary N) is 3. The molecule has 0 saturated carbocycles. The molecule has 152 valence electrons. The fraction of sp³-hybridized carbons (Fsp3) is 0.333. The zero-order chi connectivity index (χ0) is 19.6. The quantitative estimate of drug-likeness (QED) is 0.290. The summed E-state index contributed by atoms with van der Waals surface area (Å²) < 4.78 is 0. The van der Waals surface area contributed by atoms with Gasteiger partial charge in [0, 0.05) is 36.8 Å². The second-order valence-corrected chi connectivity index (χ2v) is 6.94. The molecule has 0 saturated heterocycles. The minimum atomic E-state index is -0.0356. The second kappa shape index (κ2) is 12.6. The van der Waals surface area contributed by atoms with Crippen molar-refractivity contribution in [2.75, 3.05) is 18.9 Å². The van der Waals surface area contributed by atoms with Crippen molar-refractivity contribution in [3.63, 3.8) is 0 Å². The average Bonchev–Trinajstić information content (AvgIpc) is 2.67. The standard InChI is InChI=1S/C21H27ClN4O.HI/c1-15(2)20(27)26-18-10-8-16(9-11-18)14-25-21(23-3)24-13-12-17-6-4-5-7-19(17)22;/h4-11,15H,12-14H2,1-3H3,(H,26,27)(H2,23,24,25);1H. The van der Waals surface area contributed by atoms with E-state index in [-0.39, 0.29) is 35.8 Å². The van der Waals surface area contributed by atoms with Crippen LogP contribution in [0.15, 0.2) is 53.5 Å². The number of guanidine groups is 1. The lowest BCUT2D eigenvalue weighted by Crippen LogP contribution is -2.37. The number of hydrogen-bond acceptors (Lipinski definition) is 2. The molecule has 0 aromatic heterocycles. The molecule has 28 heavy (non-hydrogen) atoms. The summed E-state index contributed by atoms with van der Waals surface area (Å²) in [6.45, 7) is 5.13. The number of anilines is 1. The molecular formula is C21H28ClIN4O. The Hall–Kier alpha value is -1.80. The topological polar surface area (TPSA) is 65.5 Å². The van der Waals surface area contributed by atoms with Crippen LogP contribution in [0.25, 0.3) is 0 Å². The molecule has 0 spiro atoms. The van der Waals surface area contributed by atoms with E-state index in [0.29, 0.717) is 6.54 Å². The predicted octanol–water partition coefficient (Wildman–Crippen LogP) is 4.46. The van der Waals surface area contributed by atoms with Crippen molar-refractivity contribution in [2.24, 2.45) is 10.9 Å². The maximum absolute atomic E-state index is 11.7. The first kappa shape index (κ1) is 24.2. The maximum atomic E-state index is 11.7. The van der Waals surface area contributed by atoms with Gasteiger partial charge in [-0.25, -0.2) is 0 Å². The van der Waals surface area contributed by atoms with E-state index in [2.05, 4.69) is 20.9 Å². The first-order valence-electron chi connectivity index (χ1n) is 9.07. The smallest absolute Gasteiger partial charge is 0.226 e. The third-order valence-corrected chi connectivity index (χ3v) is 4.44. The van der Waals surface area contributed by atoms with E-state index in [0.717, 1.165) is 40.8 Å². The lowest BCUT2D eigenvalue weighted by atomic mass is 10.1. The highest BCUT2D eigenvalue weighted by molar-refractivity contribution is 14.0. The van der Waals surface area contributed by atoms with Gasteiger partial charge in [-0.15, -0.1) is 24.0 Å². The summed E-state index contributed by atoms with van der Waals surface area (Å²) in [5.41, 5.74) is 3.02. The molecule has 0 atom stereocenters. The van der Waals surface area contributed by atoms with Crippen molar-refractivity contribution in [3.8, 4) is 0 Å². The largest absolute Gasteiger partial charge is 0.356 e. The summed E-state index contributed by atoms with van der Waals surface area (Å²) in [6, 6.07) is 15.6. The Bertz CT molecular complexity index is 778. The lowest BCUT2D eigenvalue weighted by molar-refractivity contribution is -0.118. The zero-order valence-electron chi connectivity index (χ0n) is 16.5. The van der Waals surface area contributed by atoms with Crippen LogP contribution in [0.3, 0.4) is 0 Å². The molecule has 3 N–H and O–H groups in total. The van der Waals surface area contributed by atoms with Gasteiger partial charge in [-0.2, -0.15) is 0 Å². The molecule has 0 heterocycles. The zero-order valence-corrected chi connectivity index (χ0v) is 19.5. The molecule has 0 fully saturated rings. The maximum Gasteiger partial charge on any atom is 0.226 e. The fourth-order valence-corrected chi connectivity index (χ4v) is 2.65. The van der Waals surface area contributed by atoms with E-state index >= 15 is 0 Å². The van der Waals surface area contributed by atoms with Gasteiger partial charge in [0.25, 0.3) is 0 Å². The summed E-state index contributed by atoms with van der Waals surface area (Å²) in [5, 5.41) is 10.2.